The van der Waals surface area contributed by atoms with Crippen LogP contribution >= 0.6 is 0 Å². The van der Waals surface area contributed by atoms with Crippen molar-refractivity contribution in [3.05, 3.63) is 12.3 Å². The topological polar surface area (TPSA) is 40.1 Å². The Kier molecular flexibility index (Phi) is 2.70. The molecule has 2 nitrogen and oxygen atoms in total. The van der Waals surface area contributed by atoms with Crippen molar-refractivity contribution >= 4 is 6.29 Å². The monoisotopic (exact) mass is 71.0 g/mol. The van der Waals surface area contributed by atoms with Gasteiger partial charge in [-0.1, -0.05) is 0 Å². The standard InChI is InChI=1S/C3H4O2/c4-2-1-3-5/h1-4H/p-1/b2-1+. The van der Waals surface area contributed by atoms with Crippen molar-refractivity contribution in [3.63, 3.8) is 0 Å². The van der Waals surface area contributed by atoms with Crippen LogP contribution in [0.1, 0.15) is 0 Å². The van der Waals surface area contributed by atoms with Crippen molar-refractivity contribution in [1.82, 2.24) is 0 Å². The molecule has 0 aromatic rings. The van der Waals surface area contributed by atoms with Crippen LogP contribution in [0.25, 0.3) is 0 Å². The number of carbonyl (C=O) groups excluding carboxylic acids is 1. The molecule has 0 saturated heterocycles. The van der Waals surface area contributed by atoms with E-state index in [-0.39, 0.29) is 0 Å². The third kappa shape index (κ3) is 3.21. The van der Waals surface area contributed by atoms with Gasteiger partial charge in [0, 0.05) is 0 Å². The van der Waals surface area contributed by atoms with Crippen molar-refractivity contribution in [2.24, 2.45) is 0 Å². The van der Waals surface area contributed by atoms with Gasteiger partial charge in [0.05, 0.1) is 0 Å². The quantitative estimate of drug-likeness (QED) is 0.227. The first-order chi connectivity index (χ1) is 2.41. The molecule has 5 heavy (non-hydrogen) atoms. The Morgan fingerprint density at radius 2 is 2.20 bits per heavy atom. The second kappa shape index (κ2) is 3.21. The summed E-state index contributed by atoms with van der Waals surface area (Å²) in [7, 11) is 0. The van der Waals surface area contributed by atoms with E-state index in [0.717, 1.165) is 6.08 Å². The Morgan fingerprint density at radius 1 is 1.60 bits per heavy atom. The minimum atomic E-state index is 0.438. The minimum absolute atomic E-state index is 0.438. The maximum absolute atomic E-state index is 9.12. The summed E-state index contributed by atoms with van der Waals surface area (Å²) in [5.74, 6) is 0. The molecule has 0 rings (SSSR count). The Morgan fingerprint density at radius 3 is 2.20 bits per heavy atom. The average molecular weight is 71.1 g/mol. The fourth-order valence-corrected chi connectivity index (χ4v) is 0.0321. The highest BCUT2D eigenvalue weighted by Gasteiger charge is 1.42. The summed E-state index contributed by atoms with van der Waals surface area (Å²) in [4.78, 5) is 9.12. The number of carbonyl (C=O) groups is 1. The van der Waals surface area contributed by atoms with Crippen LogP contribution in [0.4, 0.5) is 0 Å². The number of allylic oxidation sites excluding steroid dienone is 1. The van der Waals surface area contributed by atoms with Crippen LogP contribution in [-0.4, -0.2) is 6.29 Å². The number of aldehydes is 1. The Labute approximate surface area is 29.7 Å². The second-order valence-corrected chi connectivity index (χ2v) is 0.465. The van der Waals surface area contributed by atoms with E-state index in [0.29, 0.717) is 12.5 Å². The van der Waals surface area contributed by atoms with Crippen molar-refractivity contribution in [1.29, 1.82) is 0 Å². The van der Waals surface area contributed by atoms with Gasteiger partial charge in [-0.2, -0.15) is 0 Å². The van der Waals surface area contributed by atoms with Crippen LogP contribution in [0.15, 0.2) is 12.3 Å². The van der Waals surface area contributed by atoms with Gasteiger partial charge in [-0.15, -0.1) is 6.26 Å². The average Bonchev–Trinajstić information content (AvgIpc) is 1.41. The summed E-state index contributed by atoms with van der Waals surface area (Å²) >= 11 is 0. The molecule has 0 fully saturated rings. The van der Waals surface area contributed by atoms with Gasteiger partial charge in [-0.25, -0.2) is 0 Å². The molecule has 0 aromatic heterocycles. The van der Waals surface area contributed by atoms with E-state index in [9.17, 15) is 0 Å². The van der Waals surface area contributed by atoms with E-state index < -0.39 is 0 Å². The highest BCUT2D eigenvalue weighted by atomic mass is 16.2. The lowest BCUT2D eigenvalue weighted by Gasteiger charge is -1.75. The molecule has 0 amide bonds. The third-order valence-electron chi connectivity index (χ3n) is 0.157. The van der Waals surface area contributed by atoms with Gasteiger partial charge in [-0.05, 0) is 6.08 Å². The number of rotatable bonds is 1. The van der Waals surface area contributed by atoms with Gasteiger partial charge < -0.3 is 5.11 Å². The molecule has 0 saturated carbocycles. The van der Waals surface area contributed by atoms with Gasteiger partial charge in [0.15, 0.2) is 0 Å². The lowest BCUT2D eigenvalue weighted by molar-refractivity contribution is -0.274. The fraction of sp³-hybridized carbons (Fsp3) is 0. The predicted octanol–water partition coefficient (Wildman–Crippen LogP) is -0.941. The van der Waals surface area contributed by atoms with E-state index >= 15 is 0 Å². The molecule has 0 aliphatic carbocycles. The normalized spacial score (nSPS) is 8.80. The van der Waals surface area contributed by atoms with Gasteiger partial charge in [0.25, 0.3) is 0 Å². The van der Waals surface area contributed by atoms with Gasteiger partial charge in [0.2, 0.25) is 0 Å². The maximum Gasteiger partial charge on any atom is 0.141 e. The van der Waals surface area contributed by atoms with Gasteiger partial charge in [0.1, 0.15) is 6.29 Å². The summed E-state index contributed by atoms with van der Waals surface area (Å²) in [6, 6.07) is 0. The van der Waals surface area contributed by atoms with Crippen LogP contribution in [0.5, 0.6) is 0 Å². The SMILES string of the molecule is O=C/C=C/[O-]. The predicted molar refractivity (Wildman–Crippen MR) is 15.2 cm³/mol. The van der Waals surface area contributed by atoms with Crippen LogP contribution < -0.4 is 5.11 Å². The molecule has 0 aliphatic rings. The largest absolute Gasteiger partial charge is 0.878 e. The van der Waals surface area contributed by atoms with Gasteiger partial charge >= 0.3 is 0 Å². The molecule has 0 aliphatic heterocycles. The molecule has 0 radical (unpaired) electrons. The van der Waals surface area contributed by atoms with Crippen molar-refractivity contribution in [3.8, 4) is 0 Å². The molecular weight excluding hydrogens is 68.0 g/mol. The highest BCUT2D eigenvalue weighted by Crippen LogP contribution is 1.43. The summed E-state index contributed by atoms with van der Waals surface area (Å²) in [5, 5.41) is 9.12. The Bertz CT molecular complexity index is 46.9. The molecule has 28 valence electrons. The number of hydrogen-bond donors (Lipinski definition) is 0. The van der Waals surface area contributed by atoms with Crippen LogP contribution in [0.2, 0.25) is 0 Å². The fourth-order valence-electron chi connectivity index (χ4n) is 0.0321. The molecule has 0 heterocycles. The minimum Gasteiger partial charge on any atom is -0.878 e. The Hall–Kier alpha value is -0.790. The molecule has 0 N–H and O–H groups in total. The van der Waals surface area contributed by atoms with Crippen molar-refractivity contribution in [2.75, 3.05) is 0 Å². The first kappa shape index (κ1) is 4.21. The Balaban J connectivity index is 2.92. The van der Waals surface area contributed by atoms with Crippen molar-refractivity contribution in [2.45, 2.75) is 0 Å². The van der Waals surface area contributed by atoms with E-state index in [1.54, 1.807) is 0 Å². The molecule has 2 heteroatoms. The van der Waals surface area contributed by atoms with Crippen molar-refractivity contribution < 1.29 is 9.90 Å². The molecule has 0 spiro atoms. The zero-order chi connectivity index (χ0) is 4.12. The first-order valence-corrected chi connectivity index (χ1v) is 1.14. The van der Waals surface area contributed by atoms with E-state index in [2.05, 4.69) is 0 Å². The summed E-state index contributed by atoms with van der Waals surface area (Å²) < 4.78 is 0. The zero-order valence-corrected chi connectivity index (χ0v) is 2.55. The van der Waals surface area contributed by atoms with Crippen LogP contribution in [0, 0.1) is 0 Å². The lowest BCUT2D eigenvalue weighted by Crippen LogP contribution is -1.83. The number of hydrogen-bond acceptors (Lipinski definition) is 2. The molecular formula is C3H3O2-. The molecule has 0 atom stereocenters. The maximum atomic E-state index is 9.12. The van der Waals surface area contributed by atoms with E-state index in [1.165, 1.54) is 0 Å². The second-order valence-electron chi connectivity index (χ2n) is 0.465. The lowest BCUT2D eigenvalue weighted by atomic mass is 10.7. The molecule has 0 aromatic carbocycles. The van der Waals surface area contributed by atoms with E-state index in [1.807, 2.05) is 0 Å². The summed E-state index contributed by atoms with van der Waals surface area (Å²) in [6.07, 6.45) is 1.76. The smallest absolute Gasteiger partial charge is 0.141 e. The zero-order valence-electron chi connectivity index (χ0n) is 2.55. The summed E-state index contributed by atoms with van der Waals surface area (Å²) in [5.41, 5.74) is 0. The first-order valence-electron chi connectivity index (χ1n) is 1.14. The third-order valence-corrected chi connectivity index (χ3v) is 0.157. The molecule has 0 bridgehead atoms. The molecule has 0 unspecified atom stereocenters. The van der Waals surface area contributed by atoms with Crippen LogP contribution in [0.3, 0.4) is 0 Å². The summed E-state index contributed by atoms with van der Waals surface area (Å²) in [6.45, 7) is 0. The highest BCUT2D eigenvalue weighted by molar-refractivity contribution is 5.63. The van der Waals surface area contributed by atoms with Gasteiger partial charge in [-0.3, -0.25) is 4.79 Å². The van der Waals surface area contributed by atoms with Crippen LogP contribution in [-0.2, 0) is 4.79 Å². The van der Waals surface area contributed by atoms with E-state index in [4.69, 9.17) is 9.90 Å².